The number of likely N-dealkylation sites (tertiary alicyclic amines) is 1. The molecule has 0 amide bonds. The van der Waals surface area contributed by atoms with Crippen molar-refractivity contribution in [2.24, 2.45) is 18.7 Å². The Balaban J connectivity index is 2.27. The van der Waals surface area contributed by atoms with Crippen molar-refractivity contribution in [2.45, 2.75) is 32.2 Å². The minimum Gasteiger partial charge on any atom is -0.330 e. The number of aromatic nitrogens is 2. The number of hydrogen-bond acceptors (Lipinski definition) is 3. The molecule has 2 N–H and O–H groups in total. The van der Waals surface area contributed by atoms with Gasteiger partial charge in [-0.2, -0.15) is 5.10 Å². The first-order chi connectivity index (χ1) is 8.26. The first kappa shape index (κ1) is 12.6. The van der Waals surface area contributed by atoms with Crippen LogP contribution in [0.3, 0.4) is 0 Å². The fourth-order valence-corrected chi connectivity index (χ4v) is 2.99. The Morgan fingerprint density at radius 1 is 1.47 bits per heavy atom. The lowest BCUT2D eigenvalue weighted by molar-refractivity contribution is 0.166. The van der Waals surface area contributed by atoms with Crippen molar-refractivity contribution in [1.29, 1.82) is 0 Å². The summed E-state index contributed by atoms with van der Waals surface area (Å²) < 4.78 is 1.89. The smallest absolute Gasteiger partial charge is 0.0537 e. The summed E-state index contributed by atoms with van der Waals surface area (Å²) in [5, 5.41) is 4.31. The van der Waals surface area contributed by atoms with E-state index >= 15 is 0 Å². The van der Waals surface area contributed by atoms with E-state index in [1.54, 1.807) is 0 Å². The average Bonchev–Trinajstić information content (AvgIpc) is 2.65. The molecule has 1 saturated heterocycles. The van der Waals surface area contributed by atoms with Crippen molar-refractivity contribution in [2.75, 3.05) is 19.6 Å². The third-order valence-corrected chi connectivity index (χ3v) is 3.89. The summed E-state index contributed by atoms with van der Waals surface area (Å²) in [4.78, 5) is 2.56. The summed E-state index contributed by atoms with van der Waals surface area (Å²) in [7, 11) is 1.98. The first-order valence-electron chi connectivity index (χ1n) is 6.69. The number of rotatable bonds is 3. The van der Waals surface area contributed by atoms with E-state index < -0.39 is 0 Å². The van der Waals surface area contributed by atoms with E-state index in [0.717, 1.165) is 13.1 Å². The minimum atomic E-state index is 0.459. The first-order valence-corrected chi connectivity index (χ1v) is 6.69. The minimum absolute atomic E-state index is 0.459. The Morgan fingerprint density at radius 3 is 2.88 bits per heavy atom. The molecule has 2 unspecified atom stereocenters. The molecule has 2 rings (SSSR count). The third-order valence-electron chi connectivity index (χ3n) is 3.89. The molecule has 1 aromatic rings. The van der Waals surface area contributed by atoms with Gasteiger partial charge in [-0.05, 0) is 38.4 Å². The lowest BCUT2D eigenvalue weighted by Gasteiger charge is -2.33. The van der Waals surface area contributed by atoms with Crippen LogP contribution in [0.15, 0.2) is 12.4 Å². The van der Waals surface area contributed by atoms with E-state index in [-0.39, 0.29) is 0 Å². The largest absolute Gasteiger partial charge is 0.330 e. The van der Waals surface area contributed by atoms with Crippen molar-refractivity contribution in [3.63, 3.8) is 0 Å². The van der Waals surface area contributed by atoms with Crippen molar-refractivity contribution >= 4 is 0 Å². The normalized spacial score (nSPS) is 27.0. The van der Waals surface area contributed by atoms with Crippen LogP contribution in [0.5, 0.6) is 0 Å². The van der Waals surface area contributed by atoms with Crippen LogP contribution in [-0.2, 0) is 7.05 Å². The van der Waals surface area contributed by atoms with Crippen molar-refractivity contribution in [3.8, 4) is 0 Å². The molecular formula is C13H24N4. The maximum absolute atomic E-state index is 5.97. The molecule has 1 fully saturated rings. The Bertz CT molecular complexity index is 333. The monoisotopic (exact) mass is 236 g/mol. The highest BCUT2D eigenvalue weighted by atomic mass is 15.2. The zero-order chi connectivity index (χ0) is 12.3. The lowest BCUT2D eigenvalue weighted by Crippen LogP contribution is -2.35. The van der Waals surface area contributed by atoms with Crippen molar-refractivity contribution < 1.29 is 0 Å². The van der Waals surface area contributed by atoms with Gasteiger partial charge in [-0.3, -0.25) is 9.58 Å². The van der Waals surface area contributed by atoms with E-state index in [1.165, 1.54) is 31.4 Å². The van der Waals surface area contributed by atoms with Crippen LogP contribution in [0.25, 0.3) is 0 Å². The second-order valence-electron chi connectivity index (χ2n) is 5.01. The van der Waals surface area contributed by atoms with Gasteiger partial charge in [-0.15, -0.1) is 0 Å². The Hall–Kier alpha value is -0.870. The molecule has 96 valence electrons. The summed E-state index contributed by atoms with van der Waals surface area (Å²) in [6, 6.07) is 0.459. The molecule has 4 heteroatoms. The predicted molar refractivity (Wildman–Crippen MR) is 69.6 cm³/mol. The lowest BCUT2D eigenvalue weighted by atomic mass is 9.91. The van der Waals surface area contributed by atoms with E-state index in [2.05, 4.69) is 23.1 Å². The summed E-state index contributed by atoms with van der Waals surface area (Å²) in [5.74, 6) is 0.571. The highest BCUT2D eigenvalue weighted by Crippen LogP contribution is 2.34. The molecule has 0 aromatic carbocycles. The molecule has 0 aliphatic carbocycles. The molecular weight excluding hydrogens is 212 g/mol. The van der Waals surface area contributed by atoms with Crippen LogP contribution in [0.4, 0.5) is 0 Å². The molecule has 1 aromatic heterocycles. The van der Waals surface area contributed by atoms with Gasteiger partial charge in [0.05, 0.1) is 6.20 Å². The summed E-state index contributed by atoms with van der Waals surface area (Å²) in [6.45, 7) is 5.29. The molecule has 0 radical (unpaired) electrons. The van der Waals surface area contributed by atoms with Gasteiger partial charge < -0.3 is 5.73 Å². The average molecular weight is 236 g/mol. The summed E-state index contributed by atoms with van der Waals surface area (Å²) in [6.07, 6.45) is 7.98. The molecule has 1 aliphatic rings. The third kappa shape index (κ3) is 2.69. The highest BCUT2D eigenvalue weighted by molar-refractivity contribution is 5.13. The van der Waals surface area contributed by atoms with E-state index in [0.29, 0.717) is 12.0 Å². The van der Waals surface area contributed by atoms with Crippen LogP contribution < -0.4 is 5.73 Å². The number of nitrogens with zero attached hydrogens (tertiary/aromatic N) is 3. The van der Waals surface area contributed by atoms with E-state index in [9.17, 15) is 0 Å². The molecule has 2 atom stereocenters. The van der Waals surface area contributed by atoms with E-state index in [4.69, 9.17) is 5.73 Å². The number of hydrogen-bond donors (Lipinski definition) is 1. The summed E-state index contributed by atoms with van der Waals surface area (Å²) >= 11 is 0. The quantitative estimate of drug-likeness (QED) is 0.866. The van der Waals surface area contributed by atoms with Gasteiger partial charge in [0.2, 0.25) is 0 Å². The highest BCUT2D eigenvalue weighted by Gasteiger charge is 2.30. The molecule has 17 heavy (non-hydrogen) atoms. The topological polar surface area (TPSA) is 47.1 Å². The van der Waals surface area contributed by atoms with Crippen LogP contribution in [0.1, 0.15) is 37.8 Å². The van der Waals surface area contributed by atoms with Crippen LogP contribution in [-0.4, -0.2) is 34.3 Å². The summed E-state index contributed by atoms with van der Waals surface area (Å²) in [5.41, 5.74) is 7.30. The Kier molecular flexibility index (Phi) is 4.18. The maximum Gasteiger partial charge on any atom is 0.0537 e. The van der Waals surface area contributed by atoms with Gasteiger partial charge in [-0.1, -0.05) is 13.3 Å². The van der Waals surface area contributed by atoms with Gasteiger partial charge in [0.25, 0.3) is 0 Å². The predicted octanol–water partition coefficient (Wildman–Crippen LogP) is 1.54. The Morgan fingerprint density at radius 2 is 2.29 bits per heavy atom. The van der Waals surface area contributed by atoms with Crippen LogP contribution >= 0.6 is 0 Å². The van der Waals surface area contributed by atoms with Gasteiger partial charge in [0.1, 0.15) is 0 Å². The standard InChI is InChI=1S/C13H24N4/c1-3-17-7-5-4-6-11(8-14)13(17)12-9-15-16(2)10-12/h9-11,13H,3-8,14H2,1-2H3. The number of aryl methyl sites for hydroxylation is 1. The number of nitrogens with two attached hydrogens (primary N) is 1. The van der Waals surface area contributed by atoms with Gasteiger partial charge in [0.15, 0.2) is 0 Å². The molecule has 1 aliphatic heterocycles. The fraction of sp³-hybridized carbons (Fsp3) is 0.769. The Labute approximate surface area is 104 Å². The van der Waals surface area contributed by atoms with Gasteiger partial charge in [-0.25, -0.2) is 0 Å². The second-order valence-corrected chi connectivity index (χ2v) is 5.01. The van der Waals surface area contributed by atoms with Crippen molar-refractivity contribution in [3.05, 3.63) is 18.0 Å². The zero-order valence-electron chi connectivity index (χ0n) is 11.0. The maximum atomic E-state index is 5.97. The van der Waals surface area contributed by atoms with Crippen LogP contribution in [0.2, 0.25) is 0 Å². The second kappa shape index (κ2) is 5.65. The fourth-order valence-electron chi connectivity index (χ4n) is 2.99. The van der Waals surface area contributed by atoms with E-state index in [1.807, 2.05) is 17.9 Å². The zero-order valence-corrected chi connectivity index (χ0v) is 11.0. The van der Waals surface area contributed by atoms with Crippen LogP contribution in [0, 0.1) is 5.92 Å². The molecule has 2 heterocycles. The van der Waals surface area contributed by atoms with Crippen molar-refractivity contribution in [1.82, 2.24) is 14.7 Å². The van der Waals surface area contributed by atoms with Gasteiger partial charge in [0, 0.05) is 24.8 Å². The SMILES string of the molecule is CCN1CCCCC(CN)C1c1cnn(C)c1. The molecule has 0 bridgehead atoms. The molecule has 4 nitrogen and oxygen atoms in total. The van der Waals surface area contributed by atoms with Gasteiger partial charge >= 0.3 is 0 Å². The molecule has 0 saturated carbocycles. The molecule has 0 spiro atoms.